The maximum Gasteiger partial charge on any atom is 0.132 e. The summed E-state index contributed by atoms with van der Waals surface area (Å²) in [6.07, 6.45) is 1.99. The number of ether oxygens (including phenoxy) is 1. The summed E-state index contributed by atoms with van der Waals surface area (Å²) in [5, 5.41) is 9.98. The molecule has 0 saturated heterocycles. The summed E-state index contributed by atoms with van der Waals surface area (Å²) in [5.74, 6) is 0.470. The van der Waals surface area contributed by atoms with Gasteiger partial charge in [-0.1, -0.05) is 26.7 Å². The number of aliphatic hydroxyl groups excluding tert-OH is 1. The van der Waals surface area contributed by atoms with Crippen LogP contribution in [0.5, 0.6) is 5.75 Å². The molecule has 0 amide bonds. The van der Waals surface area contributed by atoms with E-state index in [0.29, 0.717) is 23.7 Å². The van der Waals surface area contributed by atoms with Crippen molar-refractivity contribution in [3.63, 3.8) is 0 Å². The molecule has 3 heteroatoms. The maximum atomic E-state index is 13.7. The average molecular weight is 240 g/mol. The maximum absolute atomic E-state index is 13.7. The third-order valence-electron chi connectivity index (χ3n) is 2.97. The predicted octanol–water partition coefficient (Wildman–Crippen LogP) is 3.69. The van der Waals surface area contributed by atoms with Crippen molar-refractivity contribution < 1.29 is 14.2 Å². The molecule has 0 aliphatic carbocycles. The smallest absolute Gasteiger partial charge is 0.132 e. The largest absolute Gasteiger partial charge is 0.497 e. The van der Waals surface area contributed by atoms with E-state index in [4.69, 9.17) is 4.74 Å². The predicted molar refractivity (Wildman–Crippen MR) is 66.6 cm³/mol. The molecule has 0 saturated carbocycles. The highest BCUT2D eigenvalue weighted by molar-refractivity contribution is 5.30. The van der Waals surface area contributed by atoms with Crippen LogP contribution in [0.2, 0.25) is 0 Å². The van der Waals surface area contributed by atoms with Gasteiger partial charge in [0.15, 0.2) is 0 Å². The van der Waals surface area contributed by atoms with E-state index in [1.165, 1.54) is 13.2 Å². The molecule has 0 aliphatic heterocycles. The molecule has 0 spiro atoms. The van der Waals surface area contributed by atoms with Gasteiger partial charge in [-0.15, -0.1) is 0 Å². The van der Waals surface area contributed by atoms with Crippen LogP contribution in [-0.2, 0) is 0 Å². The normalized spacial score (nSPS) is 14.4. The number of rotatable bonds is 6. The number of benzene rings is 1. The fourth-order valence-electron chi connectivity index (χ4n) is 2.02. The Labute approximate surface area is 102 Å². The van der Waals surface area contributed by atoms with Crippen molar-refractivity contribution in [2.24, 2.45) is 5.92 Å². The molecule has 96 valence electrons. The first kappa shape index (κ1) is 14.0. The quantitative estimate of drug-likeness (QED) is 0.821. The highest BCUT2D eigenvalue weighted by atomic mass is 19.1. The van der Waals surface area contributed by atoms with E-state index in [2.05, 4.69) is 13.8 Å². The molecule has 1 aromatic carbocycles. The van der Waals surface area contributed by atoms with E-state index in [-0.39, 0.29) is 0 Å². The minimum Gasteiger partial charge on any atom is -0.497 e. The fourth-order valence-corrected chi connectivity index (χ4v) is 2.02. The van der Waals surface area contributed by atoms with Gasteiger partial charge in [0.05, 0.1) is 13.2 Å². The molecule has 2 unspecified atom stereocenters. The lowest BCUT2D eigenvalue weighted by Gasteiger charge is -2.17. The van der Waals surface area contributed by atoms with Crippen LogP contribution in [0.3, 0.4) is 0 Å². The second-order valence-corrected chi connectivity index (χ2v) is 4.53. The molecular formula is C14H21FO2. The van der Waals surface area contributed by atoms with E-state index in [9.17, 15) is 9.50 Å². The second kappa shape index (κ2) is 6.60. The number of hydrogen-bond acceptors (Lipinski definition) is 2. The summed E-state index contributed by atoms with van der Waals surface area (Å²) in [4.78, 5) is 0. The van der Waals surface area contributed by atoms with Crippen LogP contribution in [-0.4, -0.2) is 12.2 Å². The Morgan fingerprint density at radius 2 is 2.12 bits per heavy atom. The first-order valence-electron chi connectivity index (χ1n) is 6.10. The summed E-state index contributed by atoms with van der Waals surface area (Å²) in [7, 11) is 1.49. The standard InChI is InChI=1S/C14H21FO2/c1-4-5-10(2)8-14(16)12-7-6-11(17-3)9-13(12)15/h6-7,9-10,14,16H,4-5,8H2,1-3H3. The van der Waals surface area contributed by atoms with Crippen molar-refractivity contribution in [1.29, 1.82) is 0 Å². The number of methoxy groups -OCH3 is 1. The van der Waals surface area contributed by atoms with Gasteiger partial charge in [-0.3, -0.25) is 0 Å². The van der Waals surface area contributed by atoms with Crippen LogP contribution in [0.15, 0.2) is 18.2 Å². The zero-order valence-corrected chi connectivity index (χ0v) is 10.7. The van der Waals surface area contributed by atoms with Crippen LogP contribution in [0.25, 0.3) is 0 Å². The van der Waals surface area contributed by atoms with Crippen molar-refractivity contribution in [3.8, 4) is 5.75 Å². The molecule has 1 rings (SSSR count). The zero-order valence-electron chi connectivity index (χ0n) is 10.7. The van der Waals surface area contributed by atoms with Crippen LogP contribution >= 0.6 is 0 Å². The van der Waals surface area contributed by atoms with Gasteiger partial charge in [0.2, 0.25) is 0 Å². The lowest BCUT2D eigenvalue weighted by molar-refractivity contribution is 0.141. The van der Waals surface area contributed by atoms with E-state index < -0.39 is 11.9 Å². The van der Waals surface area contributed by atoms with Crippen molar-refractivity contribution >= 4 is 0 Å². The molecule has 0 aliphatic rings. The molecule has 1 N–H and O–H groups in total. The topological polar surface area (TPSA) is 29.5 Å². The highest BCUT2D eigenvalue weighted by Gasteiger charge is 2.16. The van der Waals surface area contributed by atoms with E-state index in [1.54, 1.807) is 12.1 Å². The number of hydrogen-bond donors (Lipinski definition) is 1. The van der Waals surface area contributed by atoms with Crippen molar-refractivity contribution in [2.75, 3.05) is 7.11 Å². The van der Waals surface area contributed by atoms with Gasteiger partial charge >= 0.3 is 0 Å². The molecule has 2 atom stereocenters. The molecule has 0 fully saturated rings. The highest BCUT2D eigenvalue weighted by Crippen LogP contribution is 2.27. The van der Waals surface area contributed by atoms with Crippen LogP contribution in [0, 0.1) is 11.7 Å². The first-order chi connectivity index (χ1) is 8.08. The summed E-state index contributed by atoms with van der Waals surface area (Å²) in [6.45, 7) is 4.19. The molecule has 0 radical (unpaired) electrons. The fraction of sp³-hybridized carbons (Fsp3) is 0.571. The second-order valence-electron chi connectivity index (χ2n) is 4.53. The van der Waals surface area contributed by atoms with Crippen molar-refractivity contribution in [3.05, 3.63) is 29.6 Å². The van der Waals surface area contributed by atoms with Gasteiger partial charge in [-0.2, -0.15) is 0 Å². The summed E-state index contributed by atoms with van der Waals surface area (Å²) in [5.41, 5.74) is 0.355. The first-order valence-corrected chi connectivity index (χ1v) is 6.10. The van der Waals surface area contributed by atoms with E-state index >= 15 is 0 Å². The summed E-state index contributed by atoms with van der Waals surface area (Å²) >= 11 is 0. The Bertz CT molecular complexity index is 352. The van der Waals surface area contributed by atoms with Crippen molar-refractivity contribution in [1.82, 2.24) is 0 Å². The van der Waals surface area contributed by atoms with E-state index in [0.717, 1.165) is 12.8 Å². The van der Waals surface area contributed by atoms with Crippen molar-refractivity contribution in [2.45, 2.75) is 39.2 Å². The van der Waals surface area contributed by atoms with Crippen LogP contribution in [0.1, 0.15) is 44.8 Å². The van der Waals surface area contributed by atoms with Gasteiger partial charge < -0.3 is 9.84 Å². The zero-order chi connectivity index (χ0) is 12.8. The summed E-state index contributed by atoms with van der Waals surface area (Å²) in [6, 6.07) is 4.58. The third-order valence-corrected chi connectivity index (χ3v) is 2.97. The van der Waals surface area contributed by atoms with Gasteiger partial charge in [0.1, 0.15) is 11.6 Å². The lowest BCUT2D eigenvalue weighted by Crippen LogP contribution is -2.06. The van der Waals surface area contributed by atoms with Gasteiger partial charge in [-0.25, -0.2) is 4.39 Å². The average Bonchev–Trinajstić information content (AvgIpc) is 2.28. The number of halogens is 1. The third kappa shape index (κ3) is 4.00. The number of aliphatic hydroxyl groups is 1. The van der Waals surface area contributed by atoms with Gasteiger partial charge in [-0.05, 0) is 24.5 Å². The molecule has 0 aromatic heterocycles. The molecule has 1 aromatic rings. The Kier molecular flexibility index (Phi) is 5.42. The summed E-state index contributed by atoms with van der Waals surface area (Å²) < 4.78 is 18.6. The Morgan fingerprint density at radius 1 is 1.41 bits per heavy atom. The van der Waals surface area contributed by atoms with Gasteiger partial charge in [0, 0.05) is 11.6 Å². The molecular weight excluding hydrogens is 219 g/mol. The Morgan fingerprint density at radius 3 is 2.65 bits per heavy atom. The minimum absolute atomic E-state index is 0.355. The molecule has 17 heavy (non-hydrogen) atoms. The minimum atomic E-state index is -0.734. The van der Waals surface area contributed by atoms with E-state index in [1.807, 2.05) is 0 Å². The lowest BCUT2D eigenvalue weighted by atomic mass is 9.94. The molecule has 0 heterocycles. The van der Waals surface area contributed by atoms with Crippen LogP contribution in [0.4, 0.5) is 4.39 Å². The molecule has 2 nitrogen and oxygen atoms in total. The van der Waals surface area contributed by atoms with Crippen LogP contribution < -0.4 is 4.74 Å². The SMILES string of the molecule is CCCC(C)CC(O)c1ccc(OC)cc1F. The monoisotopic (exact) mass is 240 g/mol. The Balaban J connectivity index is 2.71. The Hall–Kier alpha value is -1.09. The molecule has 0 bridgehead atoms. The van der Waals surface area contributed by atoms with Gasteiger partial charge in [0.25, 0.3) is 0 Å².